The van der Waals surface area contributed by atoms with Crippen molar-refractivity contribution < 1.29 is 0 Å². The highest BCUT2D eigenvalue weighted by atomic mass is 15.5. The van der Waals surface area contributed by atoms with Crippen LogP contribution in [-0.2, 0) is 6.54 Å². The molecule has 0 saturated heterocycles. The molecule has 1 heterocycles. The Morgan fingerprint density at radius 1 is 1.21 bits per heavy atom. The van der Waals surface area contributed by atoms with Crippen LogP contribution in [0.25, 0.3) is 11.4 Å². The molecule has 0 bridgehead atoms. The summed E-state index contributed by atoms with van der Waals surface area (Å²) in [6, 6.07) is 5.40. The van der Waals surface area contributed by atoms with Crippen molar-refractivity contribution in [1.29, 1.82) is 0 Å². The number of nitrogens with two attached hydrogens (primary N) is 2. The van der Waals surface area contributed by atoms with E-state index in [1.807, 2.05) is 16.8 Å². The average Bonchev–Trinajstić information content (AvgIpc) is 2.84. The Kier molecular flexibility index (Phi) is 3.99. The van der Waals surface area contributed by atoms with Crippen molar-refractivity contribution >= 4 is 11.4 Å². The zero-order valence-electron chi connectivity index (χ0n) is 11.4. The maximum absolute atomic E-state index is 5.99. The van der Waals surface area contributed by atoms with E-state index in [0.717, 1.165) is 24.9 Å². The first-order valence-electron chi connectivity index (χ1n) is 6.57. The number of nitrogens with zero attached hydrogens (tertiary/aromatic N) is 4. The van der Waals surface area contributed by atoms with Gasteiger partial charge in [0, 0.05) is 23.5 Å². The van der Waals surface area contributed by atoms with Crippen molar-refractivity contribution in [2.75, 3.05) is 11.5 Å². The van der Waals surface area contributed by atoms with E-state index in [2.05, 4.69) is 29.4 Å². The molecule has 0 spiro atoms. The second-order valence-electron chi connectivity index (χ2n) is 4.71. The smallest absolute Gasteiger partial charge is 0.184 e. The van der Waals surface area contributed by atoms with Crippen LogP contribution in [0.5, 0.6) is 0 Å². The maximum atomic E-state index is 5.99. The van der Waals surface area contributed by atoms with Crippen molar-refractivity contribution in [2.45, 2.75) is 33.2 Å². The van der Waals surface area contributed by atoms with Gasteiger partial charge < -0.3 is 11.5 Å². The Balaban J connectivity index is 2.33. The fourth-order valence-corrected chi connectivity index (χ4v) is 2.10. The largest absolute Gasteiger partial charge is 0.399 e. The molecule has 2 rings (SSSR count). The lowest BCUT2D eigenvalue weighted by Crippen LogP contribution is -2.12. The molecular weight excluding hydrogens is 240 g/mol. The molecule has 6 heteroatoms. The lowest BCUT2D eigenvalue weighted by Gasteiger charge is -2.13. The van der Waals surface area contributed by atoms with Gasteiger partial charge in [-0.05, 0) is 34.5 Å². The summed E-state index contributed by atoms with van der Waals surface area (Å²) in [6.07, 6.45) is 2.21. The van der Waals surface area contributed by atoms with Crippen LogP contribution < -0.4 is 11.5 Å². The van der Waals surface area contributed by atoms with E-state index in [9.17, 15) is 0 Å². The van der Waals surface area contributed by atoms with Gasteiger partial charge in [-0.15, -0.1) is 5.10 Å². The first-order valence-corrected chi connectivity index (χ1v) is 6.57. The van der Waals surface area contributed by atoms with E-state index in [4.69, 9.17) is 11.5 Å². The zero-order valence-corrected chi connectivity index (χ0v) is 11.4. The summed E-state index contributed by atoms with van der Waals surface area (Å²) in [5.41, 5.74) is 13.8. The van der Waals surface area contributed by atoms with Gasteiger partial charge in [0.25, 0.3) is 0 Å². The molecule has 1 aromatic heterocycles. The first-order chi connectivity index (χ1) is 9.15. The van der Waals surface area contributed by atoms with Crippen molar-refractivity contribution in [1.82, 2.24) is 20.2 Å². The van der Waals surface area contributed by atoms with Gasteiger partial charge in [0.1, 0.15) is 0 Å². The summed E-state index contributed by atoms with van der Waals surface area (Å²) in [7, 11) is 0. The van der Waals surface area contributed by atoms with Gasteiger partial charge >= 0.3 is 0 Å². The molecular formula is C13H20N6. The van der Waals surface area contributed by atoms with Crippen LogP contribution in [0.4, 0.5) is 11.4 Å². The van der Waals surface area contributed by atoms with Crippen molar-refractivity contribution in [3.05, 3.63) is 18.2 Å². The minimum absolute atomic E-state index is 0.567. The summed E-state index contributed by atoms with van der Waals surface area (Å²) >= 11 is 0. The summed E-state index contributed by atoms with van der Waals surface area (Å²) in [6.45, 7) is 5.16. The molecule has 4 N–H and O–H groups in total. The number of hydrogen-bond donors (Lipinski definition) is 2. The normalized spacial score (nSPS) is 11.1. The van der Waals surface area contributed by atoms with Crippen LogP contribution in [-0.4, -0.2) is 20.2 Å². The number of rotatable bonds is 5. The highest BCUT2D eigenvalue weighted by molar-refractivity contribution is 5.74. The van der Waals surface area contributed by atoms with Crippen LogP contribution in [0, 0.1) is 5.92 Å². The van der Waals surface area contributed by atoms with E-state index in [-0.39, 0.29) is 0 Å². The Morgan fingerprint density at radius 3 is 2.58 bits per heavy atom. The second kappa shape index (κ2) is 5.69. The molecule has 0 aliphatic rings. The van der Waals surface area contributed by atoms with Crippen molar-refractivity contribution in [3.8, 4) is 11.4 Å². The van der Waals surface area contributed by atoms with Crippen LogP contribution in [0.3, 0.4) is 0 Å². The predicted octanol–water partition coefficient (Wildman–Crippen LogP) is 1.94. The third-order valence-electron chi connectivity index (χ3n) is 3.43. The number of aromatic nitrogens is 4. The minimum Gasteiger partial charge on any atom is -0.399 e. The molecule has 0 unspecified atom stereocenters. The van der Waals surface area contributed by atoms with Gasteiger partial charge in [-0.2, -0.15) is 0 Å². The first kappa shape index (κ1) is 13.3. The van der Waals surface area contributed by atoms with Gasteiger partial charge in [-0.3, -0.25) is 0 Å². The summed E-state index contributed by atoms with van der Waals surface area (Å²) in [4.78, 5) is 0. The fourth-order valence-electron chi connectivity index (χ4n) is 2.10. The van der Waals surface area contributed by atoms with Crippen LogP contribution in [0.15, 0.2) is 18.2 Å². The van der Waals surface area contributed by atoms with E-state index in [1.165, 1.54) is 0 Å². The fraction of sp³-hybridized carbons (Fsp3) is 0.462. The Morgan fingerprint density at radius 2 is 1.95 bits per heavy atom. The number of anilines is 2. The van der Waals surface area contributed by atoms with Gasteiger partial charge in [0.2, 0.25) is 0 Å². The number of nitrogen functional groups attached to an aromatic ring is 2. The SMILES string of the molecule is CCC(CC)Cn1nnnc1-c1ccc(N)cc1N. The Labute approximate surface area is 112 Å². The summed E-state index contributed by atoms with van der Waals surface area (Å²) in [5.74, 6) is 1.27. The molecule has 1 aromatic carbocycles. The van der Waals surface area contributed by atoms with E-state index < -0.39 is 0 Å². The molecule has 0 fully saturated rings. The van der Waals surface area contributed by atoms with Gasteiger partial charge in [-0.25, -0.2) is 4.68 Å². The van der Waals surface area contributed by atoms with Crippen LogP contribution in [0.2, 0.25) is 0 Å². The van der Waals surface area contributed by atoms with Gasteiger partial charge in [-0.1, -0.05) is 26.7 Å². The molecule has 6 nitrogen and oxygen atoms in total. The molecule has 0 saturated carbocycles. The van der Waals surface area contributed by atoms with Crippen molar-refractivity contribution in [2.24, 2.45) is 5.92 Å². The minimum atomic E-state index is 0.567. The maximum Gasteiger partial charge on any atom is 0.184 e. The Hall–Kier alpha value is -2.11. The lowest BCUT2D eigenvalue weighted by molar-refractivity contribution is 0.393. The zero-order chi connectivity index (χ0) is 13.8. The Bertz CT molecular complexity index is 544. The molecule has 19 heavy (non-hydrogen) atoms. The number of benzene rings is 1. The third kappa shape index (κ3) is 2.83. The molecule has 0 aliphatic heterocycles. The molecule has 102 valence electrons. The number of hydrogen-bond acceptors (Lipinski definition) is 5. The quantitative estimate of drug-likeness (QED) is 0.801. The standard InChI is InChI=1S/C13H20N6/c1-3-9(4-2)8-19-13(16-17-18-19)11-6-5-10(14)7-12(11)15/h5-7,9H,3-4,8,14-15H2,1-2H3. The molecule has 0 atom stereocenters. The van der Waals surface area contributed by atoms with E-state index in [1.54, 1.807) is 6.07 Å². The van der Waals surface area contributed by atoms with Crippen molar-refractivity contribution in [3.63, 3.8) is 0 Å². The predicted molar refractivity (Wildman–Crippen MR) is 76.1 cm³/mol. The van der Waals surface area contributed by atoms with E-state index >= 15 is 0 Å². The molecule has 0 aliphatic carbocycles. The average molecular weight is 260 g/mol. The summed E-state index contributed by atoms with van der Waals surface area (Å²) < 4.78 is 1.82. The van der Waals surface area contributed by atoms with Gasteiger partial charge in [0.15, 0.2) is 5.82 Å². The summed E-state index contributed by atoms with van der Waals surface area (Å²) in [5, 5.41) is 11.9. The second-order valence-corrected chi connectivity index (χ2v) is 4.71. The number of tetrazole rings is 1. The topological polar surface area (TPSA) is 95.6 Å². The highest BCUT2D eigenvalue weighted by Crippen LogP contribution is 2.26. The molecule has 2 aromatic rings. The monoisotopic (exact) mass is 260 g/mol. The highest BCUT2D eigenvalue weighted by Gasteiger charge is 2.14. The van der Waals surface area contributed by atoms with Crippen LogP contribution >= 0.6 is 0 Å². The van der Waals surface area contributed by atoms with Gasteiger partial charge in [0.05, 0.1) is 0 Å². The van der Waals surface area contributed by atoms with E-state index in [0.29, 0.717) is 23.1 Å². The third-order valence-corrected chi connectivity index (χ3v) is 3.43. The lowest BCUT2D eigenvalue weighted by atomic mass is 10.0. The molecule has 0 amide bonds. The van der Waals surface area contributed by atoms with Crippen LogP contribution in [0.1, 0.15) is 26.7 Å². The molecule has 0 radical (unpaired) electrons.